The maximum Gasteiger partial charge on any atom is 0.322 e. The molecule has 0 spiro atoms. The number of nitrogens with one attached hydrogen (secondary N) is 4. The second-order valence-electron chi connectivity index (χ2n) is 6.71. The van der Waals surface area contributed by atoms with E-state index in [4.69, 9.17) is 5.73 Å². The van der Waals surface area contributed by atoms with Crippen molar-refractivity contribution in [2.75, 3.05) is 6.54 Å². The Morgan fingerprint density at radius 2 is 2.14 bits per heavy atom. The smallest absolute Gasteiger partial charge is 0.322 e. The van der Waals surface area contributed by atoms with E-state index in [1.54, 1.807) is 0 Å². The van der Waals surface area contributed by atoms with E-state index in [2.05, 4.69) is 20.6 Å². The average Bonchev–Trinajstić information content (AvgIpc) is 3.31. The number of amides is 6. The normalized spacial score (nSPS) is 22.9. The predicted molar refractivity (Wildman–Crippen MR) is 93.2 cm³/mol. The summed E-state index contributed by atoms with van der Waals surface area (Å²) in [5.74, 6) is -2.32. The molecule has 2 aliphatic rings. The number of carbonyl (C=O) groups excluding carboxylic acids is 5. The van der Waals surface area contributed by atoms with Crippen LogP contribution in [0, 0.1) is 0 Å². The van der Waals surface area contributed by atoms with Gasteiger partial charge >= 0.3 is 6.03 Å². The second kappa shape index (κ2) is 8.06. The second-order valence-corrected chi connectivity index (χ2v) is 6.71. The standard InChI is InChI=1S/C16H21N7O5/c17-13(25)11-2-1-3-23(11)15(27)10(4-8-6-18-7-19-8)20-14(26)9-5-12(24)22-16(28)21-9/h6-7,9-11H,1-5H2,(H2,17,25)(H,18,19)(H,20,26)(H2,21,22,24,28)/t9?,10-,11-/m0/s1. The fourth-order valence-electron chi connectivity index (χ4n) is 3.38. The number of hydrogen-bond donors (Lipinski definition) is 5. The molecule has 0 bridgehead atoms. The topological polar surface area (TPSA) is 179 Å². The Balaban J connectivity index is 1.76. The maximum absolute atomic E-state index is 13.0. The van der Waals surface area contributed by atoms with Crippen molar-refractivity contribution in [3.8, 4) is 0 Å². The van der Waals surface area contributed by atoms with Gasteiger partial charge in [0.05, 0.1) is 12.7 Å². The summed E-state index contributed by atoms with van der Waals surface area (Å²) < 4.78 is 0. The van der Waals surface area contributed by atoms with Crippen LogP contribution in [0.5, 0.6) is 0 Å². The van der Waals surface area contributed by atoms with Crippen molar-refractivity contribution in [2.45, 2.75) is 43.8 Å². The van der Waals surface area contributed by atoms with Crippen LogP contribution in [-0.4, -0.2) is 69.2 Å². The van der Waals surface area contributed by atoms with Crippen LogP contribution in [0.1, 0.15) is 25.0 Å². The molecule has 0 radical (unpaired) electrons. The molecule has 6 N–H and O–H groups in total. The van der Waals surface area contributed by atoms with Gasteiger partial charge in [-0.15, -0.1) is 0 Å². The number of aromatic amines is 1. The van der Waals surface area contributed by atoms with Crippen molar-refractivity contribution in [3.05, 3.63) is 18.2 Å². The molecule has 28 heavy (non-hydrogen) atoms. The lowest BCUT2D eigenvalue weighted by Crippen LogP contribution is -2.61. The van der Waals surface area contributed by atoms with E-state index in [1.807, 2.05) is 5.32 Å². The minimum Gasteiger partial charge on any atom is -0.368 e. The fourth-order valence-corrected chi connectivity index (χ4v) is 3.38. The van der Waals surface area contributed by atoms with Gasteiger partial charge in [0, 0.05) is 24.9 Å². The van der Waals surface area contributed by atoms with Gasteiger partial charge < -0.3 is 26.3 Å². The zero-order valence-electron chi connectivity index (χ0n) is 14.9. The number of urea groups is 1. The molecule has 0 aliphatic carbocycles. The number of imide groups is 1. The number of imidazole rings is 1. The average molecular weight is 391 g/mol. The summed E-state index contributed by atoms with van der Waals surface area (Å²) in [7, 11) is 0. The van der Waals surface area contributed by atoms with E-state index in [0.29, 0.717) is 25.1 Å². The molecule has 2 aliphatic heterocycles. The molecular formula is C16H21N7O5. The molecule has 3 rings (SSSR count). The van der Waals surface area contributed by atoms with Gasteiger partial charge in [0.2, 0.25) is 23.6 Å². The molecule has 150 valence electrons. The van der Waals surface area contributed by atoms with Gasteiger partial charge in [-0.3, -0.25) is 24.5 Å². The first-order valence-corrected chi connectivity index (χ1v) is 8.83. The lowest BCUT2D eigenvalue weighted by Gasteiger charge is -2.29. The monoisotopic (exact) mass is 391 g/mol. The summed E-state index contributed by atoms with van der Waals surface area (Å²) in [6.45, 7) is 0.352. The van der Waals surface area contributed by atoms with Gasteiger partial charge in [0.1, 0.15) is 18.1 Å². The fraction of sp³-hybridized carbons (Fsp3) is 0.500. The van der Waals surface area contributed by atoms with Crippen LogP contribution in [0.2, 0.25) is 0 Å². The van der Waals surface area contributed by atoms with Crippen molar-refractivity contribution in [2.24, 2.45) is 5.73 Å². The van der Waals surface area contributed by atoms with E-state index in [-0.39, 0.29) is 12.8 Å². The number of hydrogen-bond acceptors (Lipinski definition) is 6. The number of H-pyrrole nitrogens is 1. The SMILES string of the molecule is NC(=O)[C@@H]1CCCN1C(=O)[C@H](Cc1cnc[nH]1)NC(=O)C1CC(=O)NC(=O)N1. The van der Waals surface area contributed by atoms with Crippen LogP contribution >= 0.6 is 0 Å². The van der Waals surface area contributed by atoms with E-state index in [0.717, 1.165) is 0 Å². The van der Waals surface area contributed by atoms with E-state index in [9.17, 15) is 24.0 Å². The predicted octanol–water partition coefficient (Wildman–Crippen LogP) is -2.49. The van der Waals surface area contributed by atoms with Gasteiger partial charge in [-0.25, -0.2) is 9.78 Å². The highest BCUT2D eigenvalue weighted by atomic mass is 16.2. The Kier molecular flexibility index (Phi) is 5.57. The lowest BCUT2D eigenvalue weighted by atomic mass is 10.1. The minimum absolute atomic E-state index is 0.0966. The Morgan fingerprint density at radius 3 is 2.79 bits per heavy atom. The molecule has 2 fully saturated rings. The van der Waals surface area contributed by atoms with Crippen LogP contribution in [0.4, 0.5) is 4.79 Å². The molecule has 1 aromatic rings. The van der Waals surface area contributed by atoms with E-state index < -0.39 is 47.8 Å². The summed E-state index contributed by atoms with van der Waals surface area (Å²) in [6, 6.07) is -3.62. The number of rotatable bonds is 6. The third kappa shape index (κ3) is 4.27. The van der Waals surface area contributed by atoms with E-state index in [1.165, 1.54) is 17.4 Å². The first-order valence-electron chi connectivity index (χ1n) is 8.83. The molecular weight excluding hydrogens is 370 g/mol. The van der Waals surface area contributed by atoms with Crippen molar-refractivity contribution in [1.29, 1.82) is 0 Å². The zero-order chi connectivity index (χ0) is 20.3. The summed E-state index contributed by atoms with van der Waals surface area (Å²) >= 11 is 0. The number of nitrogens with zero attached hydrogens (tertiary/aromatic N) is 2. The van der Waals surface area contributed by atoms with Crippen molar-refractivity contribution in [1.82, 2.24) is 30.8 Å². The van der Waals surface area contributed by atoms with Crippen LogP contribution in [0.25, 0.3) is 0 Å². The van der Waals surface area contributed by atoms with Gasteiger partial charge in [0.25, 0.3) is 0 Å². The molecule has 1 unspecified atom stereocenters. The maximum atomic E-state index is 13.0. The van der Waals surface area contributed by atoms with Gasteiger partial charge in [-0.1, -0.05) is 0 Å². The van der Waals surface area contributed by atoms with Crippen LogP contribution in [0.3, 0.4) is 0 Å². The van der Waals surface area contributed by atoms with Crippen LogP contribution < -0.4 is 21.7 Å². The van der Waals surface area contributed by atoms with Gasteiger partial charge in [-0.2, -0.15) is 0 Å². The molecule has 3 atom stereocenters. The molecule has 0 saturated carbocycles. The third-order valence-electron chi connectivity index (χ3n) is 4.72. The number of aromatic nitrogens is 2. The molecule has 12 heteroatoms. The van der Waals surface area contributed by atoms with Crippen molar-refractivity contribution >= 4 is 29.7 Å². The Bertz CT molecular complexity index is 777. The first kappa shape index (κ1) is 19.3. The Morgan fingerprint density at radius 1 is 1.36 bits per heavy atom. The van der Waals surface area contributed by atoms with Crippen molar-refractivity contribution < 1.29 is 24.0 Å². The molecule has 1 aromatic heterocycles. The Hall–Kier alpha value is -3.44. The first-order chi connectivity index (χ1) is 13.3. The molecule has 6 amide bonds. The molecule has 0 aromatic carbocycles. The molecule has 2 saturated heterocycles. The summed E-state index contributed by atoms with van der Waals surface area (Å²) in [4.78, 5) is 68.3. The quantitative estimate of drug-likeness (QED) is 0.358. The van der Waals surface area contributed by atoms with Gasteiger partial charge in [-0.05, 0) is 12.8 Å². The van der Waals surface area contributed by atoms with Crippen LogP contribution in [-0.2, 0) is 25.6 Å². The number of primary amides is 1. The summed E-state index contributed by atoms with van der Waals surface area (Å²) in [5.41, 5.74) is 5.98. The highest BCUT2D eigenvalue weighted by molar-refractivity contribution is 6.03. The summed E-state index contributed by atoms with van der Waals surface area (Å²) in [6.07, 6.45) is 3.90. The highest BCUT2D eigenvalue weighted by Crippen LogP contribution is 2.19. The molecule has 3 heterocycles. The minimum atomic E-state index is -1.09. The third-order valence-corrected chi connectivity index (χ3v) is 4.72. The van der Waals surface area contributed by atoms with Crippen LogP contribution in [0.15, 0.2) is 12.5 Å². The Labute approximate surface area is 159 Å². The van der Waals surface area contributed by atoms with Crippen molar-refractivity contribution in [3.63, 3.8) is 0 Å². The summed E-state index contributed by atoms with van der Waals surface area (Å²) in [5, 5.41) is 6.95. The highest BCUT2D eigenvalue weighted by Gasteiger charge is 2.38. The lowest BCUT2D eigenvalue weighted by molar-refractivity contribution is -0.141. The molecule has 12 nitrogen and oxygen atoms in total. The van der Waals surface area contributed by atoms with E-state index >= 15 is 0 Å². The largest absolute Gasteiger partial charge is 0.368 e. The zero-order valence-corrected chi connectivity index (χ0v) is 14.9. The number of carbonyl (C=O) groups is 5. The number of nitrogens with two attached hydrogens (primary N) is 1. The van der Waals surface area contributed by atoms with Gasteiger partial charge in [0.15, 0.2) is 0 Å². The number of likely N-dealkylation sites (tertiary alicyclic amines) is 1.